The second-order valence-corrected chi connectivity index (χ2v) is 7.36. The van der Waals surface area contributed by atoms with Crippen molar-refractivity contribution in [2.45, 2.75) is 44.6 Å². The predicted octanol–water partition coefficient (Wildman–Crippen LogP) is 3.33. The molecule has 28 heavy (non-hydrogen) atoms. The van der Waals surface area contributed by atoms with Crippen LogP contribution in [0.15, 0.2) is 29.8 Å². The first-order valence-corrected chi connectivity index (χ1v) is 9.85. The quantitative estimate of drug-likeness (QED) is 0.443. The van der Waals surface area contributed by atoms with E-state index < -0.39 is 5.97 Å². The molecule has 1 heterocycles. The number of carbonyl (C=O) groups excluding carboxylic acids is 2. The number of amides is 1. The third-order valence-electron chi connectivity index (χ3n) is 5.66. The van der Waals surface area contributed by atoms with E-state index >= 15 is 0 Å². The molecule has 2 atom stereocenters. The van der Waals surface area contributed by atoms with E-state index in [1.165, 1.54) is 25.3 Å². The molecule has 0 unspecified atom stereocenters. The second-order valence-electron chi connectivity index (χ2n) is 7.36. The lowest BCUT2D eigenvalue weighted by atomic mass is 9.78. The molecule has 1 amide bonds. The van der Waals surface area contributed by atoms with Gasteiger partial charge in [0.1, 0.15) is 17.4 Å². The number of carbonyl (C=O) groups is 2. The van der Waals surface area contributed by atoms with Crippen LogP contribution in [0.2, 0.25) is 0 Å². The van der Waals surface area contributed by atoms with Crippen molar-refractivity contribution in [3.8, 4) is 11.8 Å². The van der Waals surface area contributed by atoms with E-state index in [1.54, 1.807) is 31.4 Å². The molecule has 6 nitrogen and oxygen atoms in total. The van der Waals surface area contributed by atoms with Crippen molar-refractivity contribution in [3.05, 3.63) is 35.4 Å². The summed E-state index contributed by atoms with van der Waals surface area (Å²) in [5.74, 6) is 0.328. The molecule has 0 radical (unpaired) electrons. The zero-order valence-corrected chi connectivity index (χ0v) is 16.2. The molecule has 2 fully saturated rings. The zero-order chi connectivity index (χ0) is 19.9. The van der Waals surface area contributed by atoms with Crippen molar-refractivity contribution in [1.29, 1.82) is 5.26 Å². The Bertz CT molecular complexity index is 777. The standard InChI is InChI=1S/C22H26N2O4/c1-27-19-10-8-16(9-11-19)13-18(14-23)22(26)28-15-21(25)24-12-4-6-17-5-2-3-7-20(17)24/h8-11,13,17,20H,2-7,12,15H2,1H3/b18-13+/t17-,20-/m1/s1. The lowest BCUT2D eigenvalue weighted by molar-refractivity contribution is -0.152. The van der Waals surface area contributed by atoms with E-state index in [0.29, 0.717) is 17.2 Å². The predicted molar refractivity (Wildman–Crippen MR) is 104 cm³/mol. The highest BCUT2D eigenvalue weighted by Crippen LogP contribution is 2.35. The Morgan fingerprint density at radius 3 is 2.61 bits per heavy atom. The molecule has 1 saturated carbocycles. The molecule has 0 aromatic heterocycles. The summed E-state index contributed by atoms with van der Waals surface area (Å²) in [6.45, 7) is 0.411. The number of esters is 1. The van der Waals surface area contributed by atoms with Crippen molar-refractivity contribution in [2.24, 2.45) is 5.92 Å². The minimum absolute atomic E-state index is 0.132. The van der Waals surface area contributed by atoms with Gasteiger partial charge in [-0.25, -0.2) is 4.79 Å². The van der Waals surface area contributed by atoms with Crippen molar-refractivity contribution in [3.63, 3.8) is 0 Å². The molecule has 0 N–H and O–H groups in total. The van der Waals surface area contributed by atoms with Gasteiger partial charge < -0.3 is 14.4 Å². The summed E-state index contributed by atoms with van der Waals surface area (Å²) in [6, 6.07) is 9.10. The Kier molecular flexibility index (Phi) is 6.70. The largest absolute Gasteiger partial charge is 0.497 e. The van der Waals surface area contributed by atoms with Crippen LogP contribution in [-0.2, 0) is 14.3 Å². The fraction of sp³-hybridized carbons (Fsp3) is 0.500. The van der Waals surface area contributed by atoms with Gasteiger partial charge in [0.25, 0.3) is 5.91 Å². The average Bonchev–Trinajstić information content (AvgIpc) is 2.75. The van der Waals surface area contributed by atoms with Gasteiger partial charge in [-0.1, -0.05) is 25.0 Å². The summed E-state index contributed by atoms with van der Waals surface area (Å²) in [5, 5.41) is 9.29. The second kappa shape index (κ2) is 9.41. The van der Waals surface area contributed by atoms with Gasteiger partial charge in [-0.15, -0.1) is 0 Å². The molecular weight excluding hydrogens is 356 g/mol. The van der Waals surface area contributed by atoms with Gasteiger partial charge in [0, 0.05) is 12.6 Å². The number of ether oxygens (including phenoxy) is 2. The highest BCUT2D eigenvalue weighted by molar-refractivity contribution is 5.98. The Hall–Kier alpha value is -2.81. The van der Waals surface area contributed by atoms with Gasteiger partial charge in [-0.05, 0) is 55.4 Å². The first kappa shape index (κ1) is 19.9. The topological polar surface area (TPSA) is 79.6 Å². The maximum Gasteiger partial charge on any atom is 0.349 e. The summed E-state index contributed by atoms with van der Waals surface area (Å²) >= 11 is 0. The van der Waals surface area contributed by atoms with Crippen molar-refractivity contribution < 1.29 is 19.1 Å². The van der Waals surface area contributed by atoms with Crippen LogP contribution in [0.4, 0.5) is 0 Å². The number of hydrogen-bond acceptors (Lipinski definition) is 5. The van der Waals surface area contributed by atoms with Crippen LogP contribution in [-0.4, -0.2) is 43.1 Å². The number of benzene rings is 1. The highest BCUT2D eigenvalue weighted by atomic mass is 16.5. The van der Waals surface area contributed by atoms with Crippen LogP contribution < -0.4 is 4.74 Å². The van der Waals surface area contributed by atoms with Gasteiger partial charge in [-0.2, -0.15) is 5.26 Å². The molecular formula is C22H26N2O4. The van der Waals surface area contributed by atoms with E-state index in [0.717, 1.165) is 25.8 Å². The molecule has 1 aromatic carbocycles. The van der Waals surface area contributed by atoms with Crippen LogP contribution in [0, 0.1) is 17.2 Å². The van der Waals surface area contributed by atoms with Crippen molar-refractivity contribution in [1.82, 2.24) is 4.90 Å². The number of rotatable bonds is 5. The molecule has 0 spiro atoms. The van der Waals surface area contributed by atoms with E-state index in [2.05, 4.69) is 0 Å². The van der Waals surface area contributed by atoms with Crippen LogP contribution in [0.1, 0.15) is 44.1 Å². The molecule has 1 aromatic rings. The summed E-state index contributed by atoms with van der Waals surface area (Å²) in [6.07, 6.45) is 8.22. The smallest absolute Gasteiger partial charge is 0.349 e. The van der Waals surface area contributed by atoms with E-state index in [-0.39, 0.29) is 24.1 Å². The van der Waals surface area contributed by atoms with Gasteiger partial charge in [-0.3, -0.25) is 4.79 Å². The van der Waals surface area contributed by atoms with E-state index in [9.17, 15) is 14.9 Å². The molecule has 2 aliphatic rings. The zero-order valence-electron chi connectivity index (χ0n) is 16.2. The van der Waals surface area contributed by atoms with Gasteiger partial charge in [0.05, 0.1) is 7.11 Å². The molecule has 6 heteroatoms. The number of methoxy groups -OCH3 is 1. The third kappa shape index (κ3) is 4.72. The van der Waals surface area contributed by atoms with Crippen LogP contribution in [0.5, 0.6) is 5.75 Å². The Labute approximate surface area is 165 Å². The first-order chi connectivity index (χ1) is 13.6. The molecule has 0 bridgehead atoms. The maximum absolute atomic E-state index is 12.6. The maximum atomic E-state index is 12.6. The summed E-state index contributed by atoms with van der Waals surface area (Å²) < 4.78 is 10.2. The number of piperidine rings is 1. The van der Waals surface area contributed by atoms with Crippen molar-refractivity contribution in [2.75, 3.05) is 20.3 Å². The molecule has 1 aliphatic carbocycles. The Morgan fingerprint density at radius 2 is 1.89 bits per heavy atom. The van der Waals surface area contributed by atoms with E-state index in [1.807, 2.05) is 11.0 Å². The number of nitriles is 1. The summed E-state index contributed by atoms with van der Waals surface area (Å²) in [4.78, 5) is 26.8. The molecule has 148 valence electrons. The van der Waals surface area contributed by atoms with Crippen LogP contribution >= 0.6 is 0 Å². The number of fused-ring (bicyclic) bond motifs is 1. The summed E-state index contributed by atoms with van der Waals surface area (Å²) in [7, 11) is 1.57. The van der Waals surface area contributed by atoms with Gasteiger partial charge in [0.2, 0.25) is 0 Å². The van der Waals surface area contributed by atoms with Crippen LogP contribution in [0.25, 0.3) is 6.08 Å². The molecule has 1 saturated heterocycles. The van der Waals surface area contributed by atoms with Gasteiger partial charge in [0.15, 0.2) is 6.61 Å². The SMILES string of the molecule is COc1ccc(/C=C(\C#N)C(=O)OCC(=O)N2CCC[C@H]3CCCC[C@H]32)cc1. The monoisotopic (exact) mass is 382 g/mol. The third-order valence-corrected chi connectivity index (χ3v) is 5.66. The Balaban J connectivity index is 1.59. The van der Waals surface area contributed by atoms with Crippen LogP contribution in [0.3, 0.4) is 0 Å². The Morgan fingerprint density at radius 1 is 1.18 bits per heavy atom. The first-order valence-electron chi connectivity index (χ1n) is 9.85. The van der Waals surface area contributed by atoms with Crippen molar-refractivity contribution >= 4 is 18.0 Å². The lowest BCUT2D eigenvalue weighted by Gasteiger charge is -2.44. The molecule has 3 rings (SSSR count). The fourth-order valence-electron chi connectivity index (χ4n) is 4.23. The summed E-state index contributed by atoms with van der Waals surface area (Å²) in [5.41, 5.74) is 0.550. The van der Waals surface area contributed by atoms with Gasteiger partial charge >= 0.3 is 5.97 Å². The lowest BCUT2D eigenvalue weighted by Crippen LogP contribution is -2.50. The number of nitrogens with zero attached hydrogens (tertiary/aromatic N) is 2. The normalized spacial score (nSPS) is 22.0. The highest BCUT2D eigenvalue weighted by Gasteiger charge is 2.35. The molecule has 1 aliphatic heterocycles. The average molecular weight is 382 g/mol. The minimum atomic E-state index is -0.774. The minimum Gasteiger partial charge on any atom is -0.497 e. The fourth-order valence-corrected chi connectivity index (χ4v) is 4.23. The number of likely N-dealkylation sites (tertiary alicyclic amines) is 1. The number of hydrogen-bond donors (Lipinski definition) is 0. The van der Waals surface area contributed by atoms with E-state index in [4.69, 9.17) is 9.47 Å².